The summed E-state index contributed by atoms with van der Waals surface area (Å²) in [5.74, 6) is -0.272. The van der Waals surface area contributed by atoms with Crippen molar-refractivity contribution in [1.29, 1.82) is 0 Å². The topological polar surface area (TPSA) is 93.4 Å². The van der Waals surface area contributed by atoms with E-state index in [1.807, 2.05) is 0 Å². The van der Waals surface area contributed by atoms with Gasteiger partial charge in [-0.15, -0.1) is 0 Å². The number of aliphatic carboxylic acids is 1. The first-order valence-corrected chi connectivity index (χ1v) is 6.29. The van der Waals surface area contributed by atoms with Crippen LogP contribution in [0.15, 0.2) is 6.20 Å². The summed E-state index contributed by atoms with van der Waals surface area (Å²) >= 11 is 0. The van der Waals surface area contributed by atoms with Crippen molar-refractivity contribution < 1.29 is 19.4 Å². The highest BCUT2D eigenvalue weighted by atomic mass is 16.6. The van der Waals surface area contributed by atoms with Crippen LogP contribution in [0.1, 0.15) is 44.8 Å². The molecule has 20 heavy (non-hydrogen) atoms. The summed E-state index contributed by atoms with van der Waals surface area (Å²) in [6, 6.07) is -0.687. The number of nitrogens with one attached hydrogen (secondary N) is 1. The van der Waals surface area contributed by atoms with E-state index in [1.165, 1.54) is 0 Å². The Labute approximate surface area is 118 Å². The van der Waals surface area contributed by atoms with Gasteiger partial charge < -0.3 is 19.7 Å². The van der Waals surface area contributed by atoms with Gasteiger partial charge >= 0.3 is 12.1 Å². The van der Waals surface area contributed by atoms with Crippen LogP contribution in [0.2, 0.25) is 0 Å². The van der Waals surface area contributed by atoms with Crippen LogP contribution in [-0.2, 0) is 16.6 Å². The number of hydrogen-bond donors (Lipinski definition) is 2. The second kappa shape index (κ2) is 5.94. The van der Waals surface area contributed by atoms with E-state index < -0.39 is 23.7 Å². The minimum Gasteiger partial charge on any atom is -0.481 e. The van der Waals surface area contributed by atoms with Crippen LogP contribution >= 0.6 is 0 Å². The van der Waals surface area contributed by atoms with Gasteiger partial charge in [0.1, 0.15) is 11.4 Å². The molecule has 1 aromatic heterocycles. The summed E-state index contributed by atoms with van der Waals surface area (Å²) in [7, 11) is 1.77. The van der Waals surface area contributed by atoms with Gasteiger partial charge in [-0.1, -0.05) is 0 Å². The molecule has 0 saturated carbocycles. The number of aryl methyl sites for hydroxylation is 1. The number of carbonyl (C=O) groups is 2. The average molecular weight is 283 g/mol. The van der Waals surface area contributed by atoms with E-state index in [-0.39, 0.29) is 6.42 Å². The average Bonchev–Trinajstić information content (AvgIpc) is 2.55. The number of carboxylic acid groups (broad SMARTS) is 1. The summed E-state index contributed by atoms with van der Waals surface area (Å²) in [4.78, 5) is 26.8. The zero-order valence-corrected chi connectivity index (χ0v) is 12.4. The number of carbonyl (C=O) groups excluding carboxylic acids is 1. The Morgan fingerprint density at radius 2 is 2.10 bits per heavy atom. The van der Waals surface area contributed by atoms with E-state index in [9.17, 15) is 9.59 Å². The summed E-state index contributed by atoms with van der Waals surface area (Å²) in [6.45, 7) is 7.03. The van der Waals surface area contributed by atoms with Crippen LogP contribution in [-0.4, -0.2) is 32.3 Å². The first-order valence-electron chi connectivity index (χ1n) is 6.29. The lowest BCUT2D eigenvalue weighted by atomic mass is 10.1. The van der Waals surface area contributed by atoms with E-state index >= 15 is 0 Å². The maximum atomic E-state index is 11.8. The molecule has 0 radical (unpaired) electrons. The van der Waals surface area contributed by atoms with Crippen molar-refractivity contribution in [3.05, 3.63) is 17.7 Å². The van der Waals surface area contributed by atoms with Crippen LogP contribution in [0.4, 0.5) is 4.79 Å². The van der Waals surface area contributed by atoms with Gasteiger partial charge in [-0.25, -0.2) is 9.78 Å². The molecule has 0 aliphatic carbocycles. The van der Waals surface area contributed by atoms with Crippen LogP contribution in [0.25, 0.3) is 0 Å². The Morgan fingerprint density at radius 3 is 2.50 bits per heavy atom. The molecule has 1 aromatic rings. The minimum atomic E-state index is -1.01. The molecule has 7 nitrogen and oxygen atoms in total. The Morgan fingerprint density at radius 1 is 1.50 bits per heavy atom. The van der Waals surface area contributed by atoms with E-state index in [0.717, 1.165) is 5.82 Å². The van der Waals surface area contributed by atoms with Crippen LogP contribution in [0.3, 0.4) is 0 Å². The van der Waals surface area contributed by atoms with Crippen molar-refractivity contribution >= 4 is 12.1 Å². The lowest BCUT2D eigenvalue weighted by Crippen LogP contribution is -2.36. The van der Waals surface area contributed by atoms with Crippen molar-refractivity contribution in [2.75, 3.05) is 0 Å². The second-order valence-electron chi connectivity index (χ2n) is 5.59. The van der Waals surface area contributed by atoms with Crippen molar-refractivity contribution in [3.8, 4) is 0 Å². The molecule has 1 heterocycles. The normalized spacial score (nSPS) is 12.8. The van der Waals surface area contributed by atoms with E-state index in [0.29, 0.717) is 5.69 Å². The molecular formula is C13H21N3O4. The summed E-state index contributed by atoms with van der Waals surface area (Å²) in [6.07, 6.45) is 0.668. The van der Waals surface area contributed by atoms with Crippen LogP contribution in [0.5, 0.6) is 0 Å². The first kappa shape index (κ1) is 16.0. The minimum absolute atomic E-state index is 0.238. The van der Waals surface area contributed by atoms with Gasteiger partial charge in [0.05, 0.1) is 24.4 Å². The third kappa shape index (κ3) is 4.56. The SMILES string of the molecule is Cc1ncc([C@H](CC(=O)O)NC(=O)OC(C)(C)C)n1C. The van der Waals surface area contributed by atoms with E-state index in [2.05, 4.69) is 10.3 Å². The molecular weight excluding hydrogens is 262 g/mol. The predicted molar refractivity (Wildman–Crippen MR) is 72.3 cm³/mol. The Balaban J connectivity index is 2.88. The molecule has 0 aliphatic heterocycles. The number of ether oxygens (including phenoxy) is 1. The molecule has 0 aliphatic rings. The van der Waals surface area contributed by atoms with Gasteiger partial charge in [0, 0.05) is 7.05 Å². The zero-order valence-electron chi connectivity index (χ0n) is 12.4. The predicted octanol–water partition coefficient (Wildman–Crippen LogP) is 1.77. The third-order valence-corrected chi connectivity index (χ3v) is 2.68. The Hall–Kier alpha value is -2.05. The maximum Gasteiger partial charge on any atom is 0.408 e. The fourth-order valence-corrected chi connectivity index (χ4v) is 1.70. The van der Waals surface area contributed by atoms with Crippen molar-refractivity contribution in [2.24, 2.45) is 7.05 Å². The quantitative estimate of drug-likeness (QED) is 0.878. The number of imidazole rings is 1. The highest BCUT2D eigenvalue weighted by Gasteiger charge is 2.24. The molecule has 0 spiro atoms. The third-order valence-electron chi connectivity index (χ3n) is 2.68. The number of amides is 1. The van der Waals surface area contributed by atoms with Gasteiger partial charge in [-0.2, -0.15) is 0 Å². The fraction of sp³-hybridized carbons (Fsp3) is 0.615. The lowest BCUT2D eigenvalue weighted by molar-refractivity contribution is -0.137. The van der Waals surface area contributed by atoms with Crippen molar-refractivity contribution in [2.45, 2.75) is 45.8 Å². The van der Waals surface area contributed by atoms with E-state index in [4.69, 9.17) is 9.84 Å². The molecule has 0 bridgehead atoms. The maximum absolute atomic E-state index is 11.8. The molecule has 112 valence electrons. The molecule has 7 heteroatoms. The summed E-state index contributed by atoms with van der Waals surface area (Å²) < 4.78 is 6.89. The number of nitrogens with zero attached hydrogens (tertiary/aromatic N) is 2. The van der Waals surface area contributed by atoms with Crippen LogP contribution in [0, 0.1) is 6.92 Å². The monoisotopic (exact) mass is 283 g/mol. The van der Waals surface area contributed by atoms with Gasteiger partial charge in [0.15, 0.2) is 0 Å². The smallest absolute Gasteiger partial charge is 0.408 e. The first-order chi connectivity index (χ1) is 9.10. The molecule has 1 amide bonds. The molecule has 0 fully saturated rings. The number of carboxylic acids is 1. The van der Waals surface area contributed by atoms with E-state index in [1.54, 1.807) is 45.5 Å². The lowest BCUT2D eigenvalue weighted by Gasteiger charge is -2.23. The van der Waals surface area contributed by atoms with Crippen molar-refractivity contribution in [3.63, 3.8) is 0 Å². The summed E-state index contributed by atoms with van der Waals surface area (Å²) in [5.41, 5.74) is -0.0176. The molecule has 0 aromatic carbocycles. The number of aromatic nitrogens is 2. The standard InChI is InChI=1S/C13H21N3O4/c1-8-14-7-10(16(8)5)9(6-11(17)18)15-12(19)20-13(2,3)4/h7,9H,6H2,1-5H3,(H,15,19)(H,17,18)/t9-/m0/s1. The van der Waals surface area contributed by atoms with Gasteiger partial charge in [-0.3, -0.25) is 4.79 Å². The summed E-state index contributed by atoms with van der Waals surface area (Å²) in [5, 5.41) is 11.5. The van der Waals surface area contributed by atoms with Gasteiger partial charge in [0.2, 0.25) is 0 Å². The number of hydrogen-bond acceptors (Lipinski definition) is 4. The van der Waals surface area contributed by atoms with Crippen molar-refractivity contribution in [1.82, 2.24) is 14.9 Å². The van der Waals surface area contributed by atoms with Crippen LogP contribution < -0.4 is 5.32 Å². The van der Waals surface area contributed by atoms with Gasteiger partial charge in [0.25, 0.3) is 0 Å². The largest absolute Gasteiger partial charge is 0.481 e. The fourth-order valence-electron chi connectivity index (χ4n) is 1.70. The Bertz CT molecular complexity index is 502. The molecule has 1 rings (SSSR count). The molecule has 0 saturated heterocycles. The molecule has 2 N–H and O–H groups in total. The number of rotatable bonds is 4. The second-order valence-corrected chi connectivity index (χ2v) is 5.59. The highest BCUT2D eigenvalue weighted by Crippen LogP contribution is 2.18. The highest BCUT2D eigenvalue weighted by molar-refractivity contribution is 5.72. The zero-order chi connectivity index (χ0) is 15.5. The van der Waals surface area contributed by atoms with Gasteiger partial charge in [-0.05, 0) is 27.7 Å². The Kier molecular flexibility index (Phi) is 4.75. The molecule has 0 unspecified atom stereocenters. The number of alkyl carbamates (subject to hydrolysis) is 1. The molecule has 1 atom stereocenters.